The van der Waals surface area contributed by atoms with Gasteiger partial charge in [-0.2, -0.15) is 0 Å². The van der Waals surface area contributed by atoms with Crippen LogP contribution in [-0.2, 0) is 10.0 Å². The molecule has 0 aromatic heterocycles. The molecule has 136 valence electrons. The lowest BCUT2D eigenvalue weighted by molar-refractivity contribution is 0.0950. The van der Waals surface area contributed by atoms with Crippen molar-refractivity contribution in [1.29, 1.82) is 0 Å². The Kier molecular flexibility index (Phi) is 5.49. The molecule has 1 saturated carbocycles. The van der Waals surface area contributed by atoms with Gasteiger partial charge in [0.25, 0.3) is 5.91 Å². The summed E-state index contributed by atoms with van der Waals surface area (Å²) in [6, 6.07) is 14.7. The fourth-order valence-electron chi connectivity index (χ4n) is 2.52. The van der Waals surface area contributed by atoms with Crippen LogP contribution in [0.25, 0.3) is 0 Å². The summed E-state index contributed by atoms with van der Waals surface area (Å²) in [5.41, 5.74) is 1.06. The van der Waals surface area contributed by atoms with E-state index in [9.17, 15) is 18.0 Å². The number of benzene rings is 2. The van der Waals surface area contributed by atoms with Crippen LogP contribution in [0.3, 0.4) is 0 Å². The van der Waals surface area contributed by atoms with Crippen molar-refractivity contribution in [1.82, 2.24) is 10.0 Å². The molecule has 3 rings (SSSR count). The van der Waals surface area contributed by atoms with Crippen molar-refractivity contribution in [3.05, 3.63) is 65.7 Å². The van der Waals surface area contributed by atoms with Crippen LogP contribution >= 0.6 is 0 Å². The van der Waals surface area contributed by atoms with Crippen molar-refractivity contribution in [2.24, 2.45) is 5.92 Å². The van der Waals surface area contributed by atoms with Gasteiger partial charge >= 0.3 is 0 Å². The molecular weight excluding hydrogens is 352 g/mol. The second-order valence-electron chi connectivity index (χ2n) is 6.18. The lowest BCUT2D eigenvalue weighted by Crippen LogP contribution is -2.34. The van der Waals surface area contributed by atoms with Crippen LogP contribution in [-0.4, -0.2) is 33.2 Å². The number of carbonyl (C=O) groups excluding carboxylic acids is 2. The fourth-order valence-corrected chi connectivity index (χ4v) is 3.55. The van der Waals surface area contributed by atoms with Crippen molar-refractivity contribution in [3.63, 3.8) is 0 Å². The molecule has 7 heteroatoms. The minimum atomic E-state index is -3.68. The summed E-state index contributed by atoms with van der Waals surface area (Å²) in [6.45, 7) is 0.245. The van der Waals surface area contributed by atoms with Crippen LogP contribution in [0.15, 0.2) is 59.5 Å². The van der Waals surface area contributed by atoms with E-state index in [0.717, 1.165) is 12.8 Å². The van der Waals surface area contributed by atoms with Gasteiger partial charge in [-0.25, -0.2) is 13.1 Å². The van der Waals surface area contributed by atoms with Gasteiger partial charge in [0.15, 0.2) is 5.78 Å². The first-order valence-corrected chi connectivity index (χ1v) is 9.93. The SMILES string of the molecule is O=C(NCCNS(=O)(=O)c1ccc(C(=O)C2CC2)cc1)c1ccccc1. The molecule has 0 unspecified atom stereocenters. The number of ketones is 1. The van der Waals surface area contributed by atoms with Crippen molar-refractivity contribution in [2.75, 3.05) is 13.1 Å². The predicted molar refractivity (Wildman–Crippen MR) is 97.5 cm³/mol. The highest BCUT2D eigenvalue weighted by Crippen LogP contribution is 2.32. The largest absolute Gasteiger partial charge is 0.351 e. The van der Waals surface area contributed by atoms with E-state index >= 15 is 0 Å². The second kappa shape index (κ2) is 7.80. The van der Waals surface area contributed by atoms with Gasteiger partial charge in [-0.3, -0.25) is 9.59 Å². The van der Waals surface area contributed by atoms with Gasteiger partial charge < -0.3 is 5.32 Å². The van der Waals surface area contributed by atoms with Crippen LogP contribution in [0.5, 0.6) is 0 Å². The highest BCUT2D eigenvalue weighted by Gasteiger charge is 2.30. The highest BCUT2D eigenvalue weighted by atomic mass is 32.2. The summed E-state index contributed by atoms with van der Waals surface area (Å²) in [7, 11) is -3.68. The monoisotopic (exact) mass is 372 g/mol. The quantitative estimate of drug-likeness (QED) is 0.547. The van der Waals surface area contributed by atoms with Crippen LogP contribution in [0, 0.1) is 5.92 Å². The Labute approximate surface area is 152 Å². The number of hydrogen-bond donors (Lipinski definition) is 2. The Bertz CT molecular complexity index is 889. The summed E-state index contributed by atoms with van der Waals surface area (Å²) in [5, 5.41) is 2.66. The first-order valence-electron chi connectivity index (χ1n) is 8.44. The van der Waals surface area contributed by atoms with Crippen LogP contribution in [0.1, 0.15) is 33.6 Å². The van der Waals surface area contributed by atoms with Gasteiger partial charge in [-0.1, -0.05) is 30.3 Å². The molecule has 26 heavy (non-hydrogen) atoms. The zero-order chi connectivity index (χ0) is 18.6. The molecule has 0 spiro atoms. The Morgan fingerprint density at radius 3 is 2.15 bits per heavy atom. The van der Waals surface area contributed by atoms with E-state index in [2.05, 4.69) is 10.0 Å². The molecule has 6 nitrogen and oxygen atoms in total. The third kappa shape index (κ3) is 4.56. The average Bonchev–Trinajstić information content (AvgIpc) is 3.50. The summed E-state index contributed by atoms with van der Waals surface area (Å²) in [6.07, 6.45) is 1.82. The smallest absolute Gasteiger partial charge is 0.251 e. The molecule has 0 radical (unpaired) electrons. The molecule has 0 heterocycles. The van der Waals surface area contributed by atoms with Crippen LogP contribution < -0.4 is 10.0 Å². The topological polar surface area (TPSA) is 92.3 Å². The van der Waals surface area contributed by atoms with E-state index < -0.39 is 10.0 Å². The summed E-state index contributed by atoms with van der Waals surface area (Å²) in [5.74, 6) is -0.0814. The standard InChI is InChI=1S/C19H20N2O4S/c22-18(14-6-7-14)15-8-10-17(11-9-15)26(24,25)21-13-12-20-19(23)16-4-2-1-3-5-16/h1-5,8-11,14,21H,6-7,12-13H2,(H,20,23). The second-order valence-corrected chi connectivity index (χ2v) is 7.95. The van der Waals surface area contributed by atoms with Gasteiger partial charge in [-0.05, 0) is 37.1 Å². The molecule has 2 aromatic rings. The molecular formula is C19H20N2O4S. The van der Waals surface area contributed by atoms with Gasteiger partial charge in [0, 0.05) is 30.1 Å². The number of hydrogen-bond acceptors (Lipinski definition) is 4. The van der Waals surface area contributed by atoms with Crippen LogP contribution in [0.4, 0.5) is 0 Å². The lowest BCUT2D eigenvalue weighted by atomic mass is 10.1. The maximum absolute atomic E-state index is 12.3. The van der Waals surface area contributed by atoms with E-state index in [0.29, 0.717) is 11.1 Å². The zero-order valence-corrected chi connectivity index (χ0v) is 15.0. The summed E-state index contributed by atoms with van der Waals surface area (Å²) >= 11 is 0. The average molecular weight is 372 g/mol. The molecule has 1 aliphatic carbocycles. The first kappa shape index (κ1) is 18.3. The van der Waals surface area contributed by atoms with E-state index in [-0.39, 0.29) is 35.6 Å². The normalized spacial score (nSPS) is 14.0. The Morgan fingerprint density at radius 2 is 1.54 bits per heavy atom. The van der Waals surface area contributed by atoms with Crippen molar-refractivity contribution >= 4 is 21.7 Å². The minimum Gasteiger partial charge on any atom is -0.351 e. The number of carbonyl (C=O) groups is 2. The minimum absolute atomic E-state index is 0.0731. The van der Waals surface area contributed by atoms with Crippen molar-refractivity contribution < 1.29 is 18.0 Å². The third-order valence-corrected chi connectivity index (χ3v) is 5.61. The van der Waals surface area contributed by atoms with Crippen LogP contribution in [0.2, 0.25) is 0 Å². The van der Waals surface area contributed by atoms with E-state index in [4.69, 9.17) is 0 Å². The Hall–Kier alpha value is -2.51. The molecule has 2 aromatic carbocycles. The van der Waals surface area contributed by atoms with E-state index in [1.54, 1.807) is 36.4 Å². The maximum atomic E-state index is 12.3. The van der Waals surface area contributed by atoms with Gasteiger partial charge in [0.05, 0.1) is 4.90 Å². The summed E-state index contributed by atoms with van der Waals surface area (Å²) in [4.78, 5) is 23.9. The van der Waals surface area contributed by atoms with E-state index in [1.807, 2.05) is 6.07 Å². The predicted octanol–water partition coefficient (Wildman–Crippen LogP) is 1.99. The summed E-state index contributed by atoms with van der Waals surface area (Å²) < 4.78 is 27.0. The molecule has 1 aliphatic rings. The van der Waals surface area contributed by atoms with Gasteiger partial charge in [0.1, 0.15) is 0 Å². The fraction of sp³-hybridized carbons (Fsp3) is 0.263. The molecule has 0 saturated heterocycles. The zero-order valence-electron chi connectivity index (χ0n) is 14.1. The van der Waals surface area contributed by atoms with Gasteiger partial charge in [-0.15, -0.1) is 0 Å². The van der Waals surface area contributed by atoms with Crippen molar-refractivity contribution in [2.45, 2.75) is 17.7 Å². The van der Waals surface area contributed by atoms with Gasteiger partial charge in [0.2, 0.25) is 10.0 Å². The first-order chi connectivity index (χ1) is 12.5. The Balaban J connectivity index is 1.50. The lowest BCUT2D eigenvalue weighted by Gasteiger charge is -2.09. The number of amides is 1. The maximum Gasteiger partial charge on any atom is 0.251 e. The number of sulfonamides is 1. The molecule has 0 bridgehead atoms. The molecule has 1 amide bonds. The number of rotatable bonds is 8. The third-order valence-electron chi connectivity index (χ3n) is 4.14. The molecule has 1 fully saturated rings. The number of nitrogens with one attached hydrogen (secondary N) is 2. The number of Topliss-reactive ketones (excluding diaryl/α,β-unsaturated/α-hetero) is 1. The van der Waals surface area contributed by atoms with E-state index in [1.165, 1.54) is 12.1 Å². The highest BCUT2D eigenvalue weighted by molar-refractivity contribution is 7.89. The molecule has 0 aliphatic heterocycles. The molecule has 2 N–H and O–H groups in total. The van der Waals surface area contributed by atoms with Crippen molar-refractivity contribution in [3.8, 4) is 0 Å². The Morgan fingerprint density at radius 1 is 0.885 bits per heavy atom. The molecule has 0 atom stereocenters.